The molecule has 1 aromatic heterocycles. The van der Waals surface area contributed by atoms with Crippen molar-refractivity contribution in [1.82, 2.24) is 4.98 Å². The van der Waals surface area contributed by atoms with E-state index in [1.807, 2.05) is 11.3 Å². The van der Waals surface area contributed by atoms with Crippen molar-refractivity contribution in [2.24, 2.45) is 5.73 Å². The third-order valence-electron chi connectivity index (χ3n) is 2.82. The quantitative estimate of drug-likeness (QED) is 0.787. The molecular weight excluding hydrogens is 180 g/mol. The van der Waals surface area contributed by atoms with Crippen molar-refractivity contribution in [1.29, 1.82) is 0 Å². The van der Waals surface area contributed by atoms with E-state index in [0.717, 1.165) is 17.8 Å². The first-order valence-electron chi connectivity index (χ1n) is 4.91. The Morgan fingerprint density at radius 3 is 2.92 bits per heavy atom. The number of fused-ring (bicyclic) bond motifs is 1. The van der Waals surface area contributed by atoms with Crippen LogP contribution in [0.3, 0.4) is 0 Å². The van der Waals surface area contributed by atoms with Crippen LogP contribution in [0.1, 0.15) is 42.3 Å². The largest absolute Gasteiger partial charge is 0.320 e. The molecule has 0 aromatic carbocycles. The highest BCUT2D eigenvalue weighted by Crippen LogP contribution is 2.33. The number of nitrogens with two attached hydrogens (primary N) is 1. The summed E-state index contributed by atoms with van der Waals surface area (Å²) in [4.78, 5) is 6.10. The summed E-state index contributed by atoms with van der Waals surface area (Å²) in [5.41, 5.74) is 7.24. The number of nitrogens with zero attached hydrogens (tertiary/aromatic N) is 1. The molecule has 2 rings (SSSR count). The molecule has 0 spiro atoms. The van der Waals surface area contributed by atoms with Gasteiger partial charge < -0.3 is 5.73 Å². The Balaban J connectivity index is 2.33. The van der Waals surface area contributed by atoms with Crippen LogP contribution in [-0.4, -0.2) is 4.98 Å². The van der Waals surface area contributed by atoms with Gasteiger partial charge in [-0.25, -0.2) is 4.98 Å². The van der Waals surface area contributed by atoms with Gasteiger partial charge in [-0.05, 0) is 32.6 Å². The highest BCUT2D eigenvalue weighted by atomic mass is 32.1. The summed E-state index contributed by atoms with van der Waals surface area (Å²) in [7, 11) is 0. The summed E-state index contributed by atoms with van der Waals surface area (Å²) in [5.74, 6) is 0. The van der Waals surface area contributed by atoms with Crippen molar-refractivity contribution < 1.29 is 0 Å². The Kier molecular flexibility index (Phi) is 2.16. The average Bonchev–Trinajstić information content (AvgIpc) is 2.61. The fourth-order valence-corrected chi connectivity index (χ4v) is 2.86. The van der Waals surface area contributed by atoms with Gasteiger partial charge in [0.2, 0.25) is 0 Å². The molecule has 2 N–H and O–H groups in total. The van der Waals surface area contributed by atoms with Gasteiger partial charge in [0, 0.05) is 4.88 Å². The van der Waals surface area contributed by atoms with Crippen molar-refractivity contribution in [3.05, 3.63) is 15.6 Å². The maximum Gasteiger partial charge on any atom is 0.113 e. The van der Waals surface area contributed by atoms with Gasteiger partial charge in [0.25, 0.3) is 0 Å². The minimum absolute atomic E-state index is 0.213. The topological polar surface area (TPSA) is 38.9 Å². The molecule has 1 heterocycles. The van der Waals surface area contributed by atoms with E-state index in [1.165, 1.54) is 23.4 Å². The number of hydrogen-bond donors (Lipinski definition) is 1. The van der Waals surface area contributed by atoms with E-state index < -0.39 is 0 Å². The monoisotopic (exact) mass is 196 g/mol. The average molecular weight is 196 g/mol. The lowest BCUT2D eigenvalue weighted by atomic mass is 10.0. The van der Waals surface area contributed by atoms with Crippen molar-refractivity contribution in [2.75, 3.05) is 0 Å². The van der Waals surface area contributed by atoms with Crippen molar-refractivity contribution in [3.8, 4) is 0 Å². The molecule has 13 heavy (non-hydrogen) atoms. The summed E-state index contributed by atoms with van der Waals surface area (Å²) < 4.78 is 0. The smallest absolute Gasteiger partial charge is 0.113 e. The molecule has 1 aromatic rings. The fraction of sp³-hybridized carbons (Fsp3) is 0.700. The molecule has 0 fully saturated rings. The second-order valence-electron chi connectivity index (χ2n) is 4.01. The number of aryl methyl sites for hydroxylation is 2. The van der Waals surface area contributed by atoms with E-state index in [-0.39, 0.29) is 5.54 Å². The van der Waals surface area contributed by atoms with Crippen LogP contribution >= 0.6 is 11.3 Å². The molecular formula is C10H16N2S. The van der Waals surface area contributed by atoms with Crippen molar-refractivity contribution in [2.45, 2.75) is 45.1 Å². The van der Waals surface area contributed by atoms with E-state index in [4.69, 9.17) is 5.73 Å². The molecule has 1 atom stereocenters. The zero-order chi connectivity index (χ0) is 9.47. The first kappa shape index (κ1) is 9.16. The minimum Gasteiger partial charge on any atom is -0.320 e. The summed E-state index contributed by atoms with van der Waals surface area (Å²) in [6.45, 7) is 4.19. The normalized spacial score (nSPS) is 19.9. The van der Waals surface area contributed by atoms with Crippen LogP contribution in [0, 0.1) is 0 Å². The van der Waals surface area contributed by atoms with Crippen molar-refractivity contribution in [3.63, 3.8) is 0 Å². The van der Waals surface area contributed by atoms with Gasteiger partial charge in [-0.2, -0.15) is 0 Å². The van der Waals surface area contributed by atoms with Gasteiger partial charge in [-0.15, -0.1) is 11.3 Å². The minimum atomic E-state index is -0.213. The lowest BCUT2D eigenvalue weighted by Crippen LogP contribution is -2.31. The molecule has 0 bridgehead atoms. The molecule has 1 aliphatic rings. The van der Waals surface area contributed by atoms with Crippen LogP contribution in [0.25, 0.3) is 0 Å². The van der Waals surface area contributed by atoms with Crippen LogP contribution in [0.15, 0.2) is 0 Å². The third kappa shape index (κ3) is 1.51. The van der Waals surface area contributed by atoms with E-state index in [9.17, 15) is 0 Å². The zero-order valence-electron chi connectivity index (χ0n) is 8.26. The first-order chi connectivity index (χ1) is 6.13. The molecule has 0 amide bonds. The predicted molar refractivity (Wildman–Crippen MR) is 56.0 cm³/mol. The fourth-order valence-electron chi connectivity index (χ4n) is 1.59. The molecule has 0 radical (unpaired) electrons. The molecule has 72 valence electrons. The summed E-state index contributed by atoms with van der Waals surface area (Å²) >= 11 is 1.82. The molecule has 1 aliphatic carbocycles. The van der Waals surface area contributed by atoms with Gasteiger partial charge in [0.1, 0.15) is 5.01 Å². The van der Waals surface area contributed by atoms with E-state index in [1.54, 1.807) is 0 Å². The Hall–Kier alpha value is -0.410. The van der Waals surface area contributed by atoms with Gasteiger partial charge >= 0.3 is 0 Å². The lowest BCUT2D eigenvalue weighted by Gasteiger charge is -2.19. The third-order valence-corrected chi connectivity index (χ3v) is 4.26. The molecule has 1 unspecified atom stereocenters. The SMILES string of the molecule is CCC(C)(N)c1nc2c(s1)CCC2. The van der Waals surface area contributed by atoms with Crippen LogP contribution < -0.4 is 5.73 Å². The van der Waals surface area contributed by atoms with Crippen LogP contribution in [0.2, 0.25) is 0 Å². The Bertz CT molecular complexity index is 293. The molecule has 0 aliphatic heterocycles. The number of aromatic nitrogens is 1. The summed E-state index contributed by atoms with van der Waals surface area (Å²) in [6, 6.07) is 0. The molecule has 3 heteroatoms. The van der Waals surface area contributed by atoms with E-state index in [0.29, 0.717) is 0 Å². The van der Waals surface area contributed by atoms with Gasteiger partial charge in [0.05, 0.1) is 11.2 Å². The standard InChI is InChI=1S/C10H16N2S/c1-3-10(2,11)9-12-7-5-4-6-8(7)13-9/h3-6,11H2,1-2H3. The second kappa shape index (κ2) is 3.07. The second-order valence-corrected chi connectivity index (χ2v) is 5.10. The predicted octanol–water partition coefficient (Wildman–Crippen LogP) is 2.22. The Morgan fingerprint density at radius 1 is 1.54 bits per heavy atom. The number of rotatable bonds is 2. The lowest BCUT2D eigenvalue weighted by molar-refractivity contribution is 0.472. The maximum atomic E-state index is 6.15. The Labute approximate surface area is 83.2 Å². The number of hydrogen-bond acceptors (Lipinski definition) is 3. The van der Waals surface area contributed by atoms with E-state index >= 15 is 0 Å². The van der Waals surface area contributed by atoms with Crippen LogP contribution in [0.5, 0.6) is 0 Å². The Morgan fingerprint density at radius 2 is 2.31 bits per heavy atom. The van der Waals surface area contributed by atoms with Crippen molar-refractivity contribution >= 4 is 11.3 Å². The molecule has 0 saturated heterocycles. The maximum absolute atomic E-state index is 6.15. The first-order valence-corrected chi connectivity index (χ1v) is 5.73. The zero-order valence-corrected chi connectivity index (χ0v) is 9.08. The molecule has 2 nitrogen and oxygen atoms in total. The number of thiazole rings is 1. The van der Waals surface area contributed by atoms with Gasteiger partial charge in [-0.3, -0.25) is 0 Å². The van der Waals surface area contributed by atoms with E-state index in [2.05, 4.69) is 18.8 Å². The van der Waals surface area contributed by atoms with Crippen LogP contribution in [0.4, 0.5) is 0 Å². The molecule has 0 saturated carbocycles. The van der Waals surface area contributed by atoms with Gasteiger partial charge in [-0.1, -0.05) is 6.92 Å². The highest BCUT2D eigenvalue weighted by Gasteiger charge is 2.26. The summed E-state index contributed by atoms with van der Waals surface area (Å²) in [5, 5.41) is 1.12. The van der Waals surface area contributed by atoms with Crippen LogP contribution in [-0.2, 0) is 18.4 Å². The van der Waals surface area contributed by atoms with Gasteiger partial charge in [0.15, 0.2) is 0 Å². The summed E-state index contributed by atoms with van der Waals surface area (Å²) in [6.07, 6.45) is 4.61. The highest BCUT2D eigenvalue weighted by molar-refractivity contribution is 7.12.